The maximum absolute atomic E-state index is 10.5. The molecule has 0 spiro atoms. The van der Waals surface area contributed by atoms with Crippen molar-refractivity contribution >= 4 is 5.94 Å². The van der Waals surface area contributed by atoms with E-state index in [1.807, 2.05) is 12.9 Å². The highest BCUT2D eigenvalue weighted by atomic mass is 16.1. The standard InChI is InChI=1S/C13H22O/c1-10-5-12(6-11(2)9-14)8-13(3,4)7-10/h10,12H,5-8H2,1-4H3. The van der Waals surface area contributed by atoms with Crippen LogP contribution in [-0.4, -0.2) is 5.94 Å². The van der Waals surface area contributed by atoms with Crippen LogP contribution < -0.4 is 0 Å². The van der Waals surface area contributed by atoms with Gasteiger partial charge in [0.25, 0.3) is 0 Å². The Labute approximate surface area is 87.6 Å². The quantitative estimate of drug-likeness (QED) is 0.614. The summed E-state index contributed by atoms with van der Waals surface area (Å²) in [6.07, 6.45) is 4.82. The summed E-state index contributed by atoms with van der Waals surface area (Å²) in [5, 5.41) is 0. The van der Waals surface area contributed by atoms with E-state index in [-0.39, 0.29) is 0 Å². The molecule has 0 heterocycles. The second-order valence-electron chi connectivity index (χ2n) is 5.87. The van der Waals surface area contributed by atoms with E-state index in [0.717, 1.165) is 17.9 Å². The Bertz CT molecular complexity index is 246. The van der Waals surface area contributed by atoms with E-state index in [9.17, 15) is 4.79 Å². The number of hydrogen-bond donors (Lipinski definition) is 0. The van der Waals surface area contributed by atoms with Crippen molar-refractivity contribution in [1.82, 2.24) is 0 Å². The molecule has 0 saturated heterocycles. The van der Waals surface area contributed by atoms with Crippen molar-refractivity contribution in [2.75, 3.05) is 0 Å². The molecule has 2 atom stereocenters. The largest absolute Gasteiger partial charge is 0.234 e. The lowest BCUT2D eigenvalue weighted by Gasteiger charge is -2.39. The van der Waals surface area contributed by atoms with Crippen molar-refractivity contribution in [2.45, 2.75) is 53.4 Å². The molecule has 0 bridgehead atoms. The van der Waals surface area contributed by atoms with Crippen molar-refractivity contribution in [2.24, 2.45) is 17.3 Å². The first-order valence-electron chi connectivity index (χ1n) is 5.63. The molecule has 0 aromatic heterocycles. The van der Waals surface area contributed by atoms with Gasteiger partial charge in [-0.15, -0.1) is 0 Å². The topological polar surface area (TPSA) is 17.1 Å². The van der Waals surface area contributed by atoms with Gasteiger partial charge in [-0.1, -0.05) is 20.8 Å². The van der Waals surface area contributed by atoms with Crippen molar-refractivity contribution in [3.8, 4) is 0 Å². The summed E-state index contributed by atoms with van der Waals surface area (Å²) in [4.78, 5) is 10.5. The minimum absolute atomic E-state index is 0.464. The monoisotopic (exact) mass is 194 g/mol. The second-order valence-corrected chi connectivity index (χ2v) is 5.87. The first-order valence-corrected chi connectivity index (χ1v) is 5.63. The molecule has 1 fully saturated rings. The highest BCUT2D eigenvalue weighted by Crippen LogP contribution is 2.43. The maximum atomic E-state index is 10.5. The summed E-state index contributed by atoms with van der Waals surface area (Å²) >= 11 is 0. The van der Waals surface area contributed by atoms with E-state index in [1.54, 1.807) is 0 Å². The first kappa shape index (κ1) is 11.5. The molecular weight excluding hydrogens is 172 g/mol. The van der Waals surface area contributed by atoms with E-state index >= 15 is 0 Å². The molecule has 0 aliphatic heterocycles. The zero-order chi connectivity index (χ0) is 10.8. The van der Waals surface area contributed by atoms with Crippen molar-refractivity contribution < 1.29 is 4.79 Å². The van der Waals surface area contributed by atoms with Gasteiger partial charge < -0.3 is 0 Å². The lowest BCUT2D eigenvalue weighted by molar-refractivity contribution is 0.133. The predicted molar refractivity (Wildman–Crippen MR) is 59.8 cm³/mol. The normalized spacial score (nSPS) is 30.9. The number of carbonyl (C=O) groups excluding carboxylic acids is 1. The number of allylic oxidation sites excluding steroid dienone is 1. The summed E-state index contributed by atoms with van der Waals surface area (Å²) in [7, 11) is 0. The Morgan fingerprint density at radius 3 is 2.57 bits per heavy atom. The van der Waals surface area contributed by atoms with Crippen LogP contribution in [0.5, 0.6) is 0 Å². The van der Waals surface area contributed by atoms with Crippen LogP contribution in [0.25, 0.3) is 0 Å². The maximum Gasteiger partial charge on any atom is 0.123 e. The van der Waals surface area contributed by atoms with Crippen LogP contribution in [0, 0.1) is 17.3 Å². The molecule has 1 heteroatoms. The van der Waals surface area contributed by atoms with Crippen LogP contribution in [0.4, 0.5) is 0 Å². The molecule has 0 radical (unpaired) electrons. The van der Waals surface area contributed by atoms with Gasteiger partial charge in [-0.05, 0) is 49.9 Å². The summed E-state index contributed by atoms with van der Waals surface area (Å²) < 4.78 is 0. The molecule has 1 rings (SSSR count). The van der Waals surface area contributed by atoms with Crippen LogP contribution in [-0.2, 0) is 4.79 Å². The van der Waals surface area contributed by atoms with Crippen molar-refractivity contribution in [3.63, 3.8) is 0 Å². The lowest BCUT2D eigenvalue weighted by Crippen LogP contribution is -2.27. The van der Waals surface area contributed by atoms with Gasteiger partial charge >= 0.3 is 0 Å². The minimum atomic E-state index is 0.464. The van der Waals surface area contributed by atoms with E-state index in [2.05, 4.69) is 20.8 Å². The molecule has 1 aliphatic rings. The fourth-order valence-corrected chi connectivity index (χ4v) is 3.17. The van der Waals surface area contributed by atoms with Gasteiger partial charge in [-0.25, -0.2) is 4.79 Å². The molecule has 14 heavy (non-hydrogen) atoms. The van der Waals surface area contributed by atoms with Crippen LogP contribution in [0.1, 0.15) is 53.4 Å². The molecule has 0 amide bonds. The predicted octanol–water partition coefficient (Wildman–Crippen LogP) is 3.62. The number of rotatable bonds is 2. The zero-order valence-electron chi connectivity index (χ0n) is 9.89. The Morgan fingerprint density at radius 2 is 2.07 bits per heavy atom. The van der Waals surface area contributed by atoms with Crippen LogP contribution >= 0.6 is 0 Å². The molecule has 0 aromatic rings. The first-order chi connectivity index (χ1) is 6.43. The summed E-state index contributed by atoms with van der Waals surface area (Å²) in [5.41, 5.74) is 1.35. The van der Waals surface area contributed by atoms with Crippen molar-refractivity contribution in [1.29, 1.82) is 0 Å². The van der Waals surface area contributed by atoms with Gasteiger partial charge in [-0.2, -0.15) is 0 Å². The Morgan fingerprint density at radius 1 is 1.43 bits per heavy atom. The van der Waals surface area contributed by atoms with Crippen LogP contribution in [0.3, 0.4) is 0 Å². The lowest BCUT2D eigenvalue weighted by atomic mass is 9.67. The molecule has 2 unspecified atom stereocenters. The fourth-order valence-electron chi connectivity index (χ4n) is 3.17. The van der Waals surface area contributed by atoms with Gasteiger partial charge in [0.15, 0.2) is 0 Å². The summed E-state index contributed by atoms with van der Waals surface area (Å²) in [6.45, 7) is 8.92. The molecular formula is C13H22O. The van der Waals surface area contributed by atoms with Gasteiger partial charge in [0.2, 0.25) is 0 Å². The van der Waals surface area contributed by atoms with E-state index in [4.69, 9.17) is 0 Å². The third-order valence-corrected chi connectivity index (χ3v) is 3.25. The SMILES string of the molecule is CC(=C=O)CC1CC(C)CC(C)(C)C1. The minimum Gasteiger partial charge on any atom is -0.234 e. The van der Waals surface area contributed by atoms with Gasteiger partial charge in [0.1, 0.15) is 5.94 Å². The molecule has 0 aromatic carbocycles. The van der Waals surface area contributed by atoms with E-state index in [1.165, 1.54) is 19.3 Å². The Balaban J connectivity index is 2.58. The van der Waals surface area contributed by atoms with Crippen LogP contribution in [0.15, 0.2) is 5.57 Å². The highest BCUT2D eigenvalue weighted by Gasteiger charge is 2.31. The molecule has 1 saturated carbocycles. The average molecular weight is 194 g/mol. The molecule has 1 aliphatic carbocycles. The van der Waals surface area contributed by atoms with Crippen molar-refractivity contribution in [3.05, 3.63) is 5.57 Å². The molecule has 1 nitrogen and oxygen atoms in total. The summed E-state index contributed by atoms with van der Waals surface area (Å²) in [5.74, 6) is 3.53. The third-order valence-electron chi connectivity index (χ3n) is 3.25. The van der Waals surface area contributed by atoms with Crippen LogP contribution in [0.2, 0.25) is 0 Å². The highest BCUT2D eigenvalue weighted by molar-refractivity contribution is 5.51. The summed E-state index contributed by atoms with van der Waals surface area (Å²) in [6, 6.07) is 0. The third kappa shape index (κ3) is 3.31. The smallest absolute Gasteiger partial charge is 0.123 e. The Kier molecular flexibility index (Phi) is 3.55. The molecule has 80 valence electrons. The number of hydrogen-bond acceptors (Lipinski definition) is 1. The second kappa shape index (κ2) is 4.31. The Hall–Kier alpha value is -0.550. The van der Waals surface area contributed by atoms with E-state index in [0.29, 0.717) is 11.3 Å². The van der Waals surface area contributed by atoms with Gasteiger partial charge in [0, 0.05) is 5.57 Å². The van der Waals surface area contributed by atoms with Gasteiger partial charge in [-0.3, -0.25) is 0 Å². The van der Waals surface area contributed by atoms with Gasteiger partial charge in [0.05, 0.1) is 0 Å². The average Bonchev–Trinajstić information content (AvgIpc) is 1.99. The molecule has 0 N–H and O–H groups in total. The zero-order valence-corrected chi connectivity index (χ0v) is 9.89. The fraction of sp³-hybridized carbons (Fsp3) is 0.846. The van der Waals surface area contributed by atoms with E-state index < -0.39 is 0 Å².